The van der Waals surface area contributed by atoms with E-state index in [9.17, 15) is 0 Å². The smallest absolute Gasteiger partial charge is 0.159 e. The highest BCUT2D eigenvalue weighted by molar-refractivity contribution is 9.10. The molecule has 138 valence electrons. The standard InChI is InChI=1S/C21H21BrN4S/c1-3-8-18-24-25-19-13-23-21(14-9-5-6-10-15(14)22)20-16(26(18)19)11-7-12-17(20)27-4-2/h5-7,9-12H,3-4,8,13H2,1-2H3. The average Bonchev–Trinajstić information content (AvgIpc) is 2.99. The maximum absolute atomic E-state index is 5.00. The number of hydrogen-bond donors (Lipinski definition) is 0. The third kappa shape index (κ3) is 3.36. The van der Waals surface area contributed by atoms with E-state index in [1.807, 2.05) is 17.8 Å². The van der Waals surface area contributed by atoms with Gasteiger partial charge in [-0.15, -0.1) is 22.0 Å². The Balaban J connectivity index is 2.00. The number of thioether (sulfide) groups is 1. The van der Waals surface area contributed by atoms with E-state index in [1.165, 1.54) is 10.5 Å². The van der Waals surface area contributed by atoms with Crippen LogP contribution in [0.2, 0.25) is 0 Å². The Labute approximate surface area is 172 Å². The van der Waals surface area contributed by atoms with E-state index in [2.05, 4.69) is 80.9 Å². The monoisotopic (exact) mass is 440 g/mol. The Hall–Kier alpha value is -1.92. The summed E-state index contributed by atoms with van der Waals surface area (Å²) in [6.45, 7) is 4.88. The van der Waals surface area contributed by atoms with Gasteiger partial charge in [-0.25, -0.2) is 0 Å². The first kappa shape index (κ1) is 18.4. The SMILES string of the molecule is CCCc1nnc2n1-c1cccc(SCC)c1C(c1ccccc1Br)=NC2. The molecule has 1 aromatic heterocycles. The van der Waals surface area contributed by atoms with Crippen molar-refractivity contribution in [2.24, 2.45) is 4.99 Å². The molecule has 0 atom stereocenters. The minimum absolute atomic E-state index is 0.526. The Bertz CT molecular complexity index is 1010. The molecular formula is C21H21BrN4S. The molecule has 4 nitrogen and oxygen atoms in total. The molecule has 4 rings (SSSR count). The van der Waals surface area contributed by atoms with Gasteiger partial charge in [-0.2, -0.15) is 0 Å². The molecule has 0 radical (unpaired) electrons. The van der Waals surface area contributed by atoms with Crippen molar-refractivity contribution in [1.29, 1.82) is 0 Å². The van der Waals surface area contributed by atoms with Gasteiger partial charge in [0.15, 0.2) is 5.82 Å². The summed E-state index contributed by atoms with van der Waals surface area (Å²) in [5.74, 6) is 2.92. The van der Waals surface area contributed by atoms with E-state index < -0.39 is 0 Å². The minimum atomic E-state index is 0.526. The summed E-state index contributed by atoms with van der Waals surface area (Å²) in [5.41, 5.74) is 4.43. The lowest BCUT2D eigenvalue weighted by molar-refractivity contribution is 0.788. The Kier molecular flexibility index (Phi) is 5.45. The Morgan fingerprint density at radius 2 is 1.93 bits per heavy atom. The highest BCUT2D eigenvalue weighted by Crippen LogP contribution is 2.35. The second-order valence-electron chi connectivity index (χ2n) is 6.35. The fraction of sp³-hybridized carbons (Fsp3) is 0.286. The summed E-state index contributed by atoms with van der Waals surface area (Å²) in [5, 5.41) is 8.89. The van der Waals surface area contributed by atoms with Gasteiger partial charge in [0.2, 0.25) is 0 Å². The van der Waals surface area contributed by atoms with Gasteiger partial charge in [-0.05, 0) is 30.4 Å². The molecule has 0 unspecified atom stereocenters. The number of hydrogen-bond acceptors (Lipinski definition) is 4. The van der Waals surface area contributed by atoms with Crippen LogP contribution in [0.15, 0.2) is 56.8 Å². The zero-order valence-corrected chi connectivity index (χ0v) is 17.8. The molecule has 1 aliphatic rings. The molecule has 0 bridgehead atoms. The van der Waals surface area contributed by atoms with Crippen molar-refractivity contribution >= 4 is 33.4 Å². The number of rotatable bonds is 5. The van der Waals surface area contributed by atoms with Crippen molar-refractivity contribution in [2.45, 2.75) is 38.1 Å². The fourth-order valence-corrected chi connectivity index (χ4v) is 4.75. The van der Waals surface area contributed by atoms with Crippen LogP contribution < -0.4 is 0 Å². The third-order valence-electron chi connectivity index (χ3n) is 4.56. The molecule has 6 heteroatoms. The van der Waals surface area contributed by atoms with Crippen molar-refractivity contribution < 1.29 is 0 Å². The summed E-state index contributed by atoms with van der Waals surface area (Å²) in [6.07, 6.45) is 1.94. The summed E-state index contributed by atoms with van der Waals surface area (Å²) >= 11 is 5.57. The number of benzene rings is 2. The second kappa shape index (κ2) is 7.98. The lowest BCUT2D eigenvalue weighted by Gasteiger charge is -2.17. The van der Waals surface area contributed by atoms with Gasteiger partial charge in [0, 0.05) is 26.9 Å². The van der Waals surface area contributed by atoms with E-state index in [-0.39, 0.29) is 0 Å². The first-order valence-corrected chi connectivity index (χ1v) is 11.0. The van der Waals surface area contributed by atoms with Gasteiger partial charge in [-0.1, -0.05) is 54.0 Å². The van der Waals surface area contributed by atoms with Gasteiger partial charge in [0.05, 0.1) is 11.4 Å². The van der Waals surface area contributed by atoms with Crippen LogP contribution in [-0.4, -0.2) is 26.2 Å². The summed E-state index contributed by atoms with van der Waals surface area (Å²) in [4.78, 5) is 6.25. The maximum Gasteiger partial charge on any atom is 0.159 e. The fourth-order valence-electron chi connectivity index (χ4n) is 3.44. The summed E-state index contributed by atoms with van der Waals surface area (Å²) in [7, 11) is 0. The van der Waals surface area contributed by atoms with Crippen LogP contribution in [-0.2, 0) is 13.0 Å². The minimum Gasteiger partial charge on any atom is -0.281 e. The Morgan fingerprint density at radius 3 is 2.70 bits per heavy atom. The van der Waals surface area contributed by atoms with Crippen molar-refractivity contribution in [1.82, 2.24) is 14.8 Å². The lowest BCUT2D eigenvalue weighted by Crippen LogP contribution is -2.11. The molecule has 0 amide bonds. The van der Waals surface area contributed by atoms with Crippen LogP contribution in [0.5, 0.6) is 0 Å². The zero-order valence-electron chi connectivity index (χ0n) is 15.4. The van der Waals surface area contributed by atoms with E-state index in [1.54, 1.807) is 0 Å². The molecule has 0 spiro atoms. The molecule has 27 heavy (non-hydrogen) atoms. The maximum atomic E-state index is 5.00. The van der Waals surface area contributed by atoms with Gasteiger partial charge < -0.3 is 0 Å². The number of halogens is 1. The molecular weight excluding hydrogens is 420 g/mol. The molecule has 1 aliphatic heterocycles. The van der Waals surface area contributed by atoms with Crippen LogP contribution in [0.1, 0.15) is 43.0 Å². The van der Waals surface area contributed by atoms with Crippen LogP contribution in [0, 0.1) is 0 Å². The topological polar surface area (TPSA) is 43.1 Å². The highest BCUT2D eigenvalue weighted by atomic mass is 79.9. The first-order valence-electron chi connectivity index (χ1n) is 9.23. The molecule has 2 aromatic carbocycles. The molecule has 0 fully saturated rings. The number of aliphatic imine (C=N–C) groups is 1. The van der Waals surface area contributed by atoms with Crippen molar-refractivity contribution in [3.63, 3.8) is 0 Å². The van der Waals surface area contributed by atoms with E-state index >= 15 is 0 Å². The highest BCUT2D eigenvalue weighted by Gasteiger charge is 2.25. The van der Waals surface area contributed by atoms with Crippen LogP contribution in [0.3, 0.4) is 0 Å². The zero-order chi connectivity index (χ0) is 18.8. The number of aryl methyl sites for hydroxylation is 1. The van der Waals surface area contributed by atoms with Crippen molar-refractivity contribution in [3.05, 3.63) is 69.7 Å². The number of fused-ring (bicyclic) bond motifs is 3. The molecule has 3 aromatic rings. The molecule has 0 saturated carbocycles. The number of nitrogens with zero attached hydrogens (tertiary/aromatic N) is 4. The van der Waals surface area contributed by atoms with Crippen LogP contribution >= 0.6 is 27.7 Å². The van der Waals surface area contributed by atoms with Gasteiger partial charge in [0.1, 0.15) is 12.4 Å². The molecule has 2 heterocycles. The Morgan fingerprint density at radius 1 is 1.07 bits per heavy atom. The van der Waals surface area contributed by atoms with Crippen molar-refractivity contribution in [3.8, 4) is 5.69 Å². The third-order valence-corrected chi connectivity index (χ3v) is 6.19. The molecule has 0 saturated heterocycles. The molecule has 0 N–H and O–H groups in total. The lowest BCUT2D eigenvalue weighted by atomic mass is 10.00. The molecule has 0 aliphatic carbocycles. The first-order chi connectivity index (χ1) is 13.2. The van der Waals surface area contributed by atoms with E-state index in [0.717, 1.165) is 51.7 Å². The van der Waals surface area contributed by atoms with Gasteiger partial charge in [-0.3, -0.25) is 9.56 Å². The van der Waals surface area contributed by atoms with Crippen LogP contribution in [0.4, 0.5) is 0 Å². The van der Waals surface area contributed by atoms with Gasteiger partial charge in [0.25, 0.3) is 0 Å². The predicted molar refractivity (Wildman–Crippen MR) is 115 cm³/mol. The van der Waals surface area contributed by atoms with E-state index in [4.69, 9.17) is 4.99 Å². The summed E-state index contributed by atoms with van der Waals surface area (Å²) < 4.78 is 3.27. The summed E-state index contributed by atoms with van der Waals surface area (Å²) in [6, 6.07) is 14.8. The second-order valence-corrected chi connectivity index (χ2v) is 8.51. The van der Waals surface area contributed by atoms with Crippen molar-refractivity contribution in [2.75, 3.05) is 5.75 Å². The quantitative estimate of drug-likeness (QED) is 0.495. The van der Waals surface area contributed by atoms with Gasteiger partial charge >= 0.3 is 0 Å². The predicted octanol–water partition coefficient (Wildman–Crippen LogP) is 5.45. The number of aromatic nitrogens is 3. The van der Waals surface area contributed by atoms with E-state index in [0.29, 0.717) is 6.54 Å². The average molecular weight is 441 g/mol. The van der Waals surface area contributed by atoms with Crippen LogP contribution in [0.25, 0.3) is 5.69 Å². The normalized spacial score (nSPS) is 12.9. The largest absolute Gasteiger partial charge is 0.281 e.